The predicted molar refractivity (Wildman–Crippen MR) is 80.4 cm³/mol. The number of pyridine rings is 1. The van der Waals surface area contributed by atoms with E-state index in [-0.39, 0.29) is 0 Å². The molecule has 3 N–H and O–H groups in total. The van der Waals surface area contributed by atoms with E-state index in [0.717, 1.165) is 22.7 Å². The number of nitrogens with zero attached hydrogens (tertiary/aromatic N) is 1. The molecule has 4 nitrogen and oxygen atoms in total. The van der Waals surface area contributed by atoms with Crippen LogP contribution in [0, 0.1) is 0 Å². The van der Waals surface area contributed by atoms with Crippen molar-refractivity contribution >= 4 is 22.9 Å². The second-order valence-corrected chi connectivity index (χ2v) is 4.39. The van der Waals surface area contributed by atoms with Crippen molar-refractivity contribution in [1.29, 1.82) is 0 Å². The Hall–Kier alpha value is -2.14. The van der Waals surface area contributed by atoms with Gasteiger partial charge in [0.05, 0.1) is 19.3 Å². The summed E-state index contributed by atoms with van der Waals surface area (Å²) in [7, 11) is 1.62. The van der Waals surface area contributed by atoms with Crippen molar-refractivity contribution in [3.63, 3.8) is 0 Å². The molecule has 0 spiro atoms. The zero-order valence-corrected chi connectivity index (χ0v) is 11.4. The topological polar surface area (TPSA) is 60.2 Å². The second-order valence-electron chi connectivity index (χ2n) is 3.95. The van der Waals surface area contributed by atoms with Crippen LogP contribution in [0.2, 0.25) is 0 Å². The monoisotopic (exact) mass is 273 g/mol. The number of methoxy groups -OCH3 is 1. The Labute approximate surface area is 117 Å². The average Bonchev–Trinajstić information content (AvgIpc) is 2.45. The van der Waals surface area contributed by atoms with Gasteiger partial charge in [-0.1, -0.05) is 18.3 Å². The molecular formula is C14H15N3OS. The molecular weight excluding hydrogens is 258 g/mol. The molecule has 2 rings (SSSR count). The van der Waals surface area contributed by atoms with Crippen molar-refractivity contribution in [2.45, 2.75) is 6.54 Å². The molecule has 0 saturated heterocycles. The van der Waals surface area contributed by atoms with Gasteiger partial charge in [0.1, 0.15) is 10.7 Å². The predicted octanol–water partition coefficient (Wildman–Crippen LogP) is 2.34. The third-order valence-corrected chi connectivity index (χ3v) is 2.90. The van der Waals surface area contributed by atoms with Crippen LogP contribution in [0.4, 0.5) is 5.69 Å². The van der Waals surface area contributed by atoms with Crippen molar-refractivity contribution in [1.82, 2.24) is 4.98 Å². The normalized spacial score (nSPS) is 9.95. The van der Waals surface area contributed by atoms with E-state index in [1.165, 1.54) is 0 Å². The summed E-state index contributed by atoms with van der Waals surface area (Å²) in [5, 5.41) is 3.28. The maximum absolute atomic E-state index is 5.71. The zero-order chi connectivity index (χ0) is 13.7. The molecule has 0 radical (unpaired) electrons. The summed E-state index contributed by atoms with van der Waals surface area (Å²) in [5.41, 5.74) is 8.30. The molecule has 1 heterocycles. The van der Waals surface area contributed by atoms with E-state index in [2.05, 4.69) is 10.3 Å². The molecule has 2 aromatic rings. The fourth-order valence-electron chi connectivity index (χ4n) is 1.70. The lowest BCUT2D eigenvalue weighted by atomic mass is 10.1. The average molecular weight is 273 g/mol. The molecule has 5 heteroatoms. The molecule has 0 aliphatic carbocycles. The first-order chi connectivity index (χ1) is 9.20. The van der Waals surface area contributed by atoms with E-state index in [1.54, 1.807) is 13.3 Å². The quantitative estimate of drug-likeness (QED) is 0.819. The summed E-state index contributed by atoms with van der Waals surface area (Å²) >= 11 is 5.04. The minimum Gasteiger partial charge on any atom is -0.497 e. The van der Waals surface area contributed by atoms with Gasteiger partial charge in [0.2, 0.25) is 0 Å². The number of anilines is 1. The van der Waals surface area contributed by atoms with Crippen LogP contribution < -0.4 is 15.8 Å². The van der Waals surface area contributed by atoms with Crippen LogP contribution in [0.15, 0.2) is 42.6 Å². The van der Waals surface area contributed by atoms with Gasteiger partial charge >= 0.3 is 0 Å². The smallest absolute Gasteiger partial charge is 0.120 e. The highest BCUT2D eigenvalue weighted by Gasteiger charge is 2.07. The van der Waals surface area contributed by atoms with Crippen LogP contribution >= 0.6 is 12.2 Å². The van der Waals surface area contributed by atoms with Crippen LogP contribution in [0.25, 0.3) is 0 Å². The van der Waals surface area contributed by atoms with Gasteiger partial charge in [0.25, 0.3) is 0 Å². The van der Waals surface area contributed by atoms with E-state index in [1.807, 2.05) is 36.4 Å². The molecule has 0 fully saturated rings. The molecule has 0 unspecified atom stereocenters. The van der Waals surface area contributed by atoms with Gasteiger partial charge in [-0.3, -0.25) is 4.98 Å². The Morgan fingerprint density at radius 3 is 2.84 bits per heavy atom. The van der Waals surface area contributed by atoms with Crippen molar-refractivity contribution in [2.24, 2.45) is 5.73 Å². The van der Waals surface area contributed by atoms with Crippen LogP contribution in [0.5, 0.6) is 5.75 Å². The van der Waals surface area contributed by atoms with Crippen LogP contribution in [-0.4, -0.2) is 17.1 Å². The molecule has 0 saturated carbocycles. The molecule has 0 bridgehead atoms. The Morgan fingerprint density at radius 2 is 2.21 bits per heavy atom. The summed E-state index contributed by atoms with van der Waals surface area (Å²) in [6.07, 6.45) is 1.76. The minimum atomic E-state index is 0.353. The third-order valence-electron chi connectivity index (χ3n) is 2.68. The summed E-state index contributed by atoms with van der Waals surface area (Å²) in [6.45, 7) is 0.601. The lowest BCUT2D eigenvalue weighted by Gasteiger charge is -2.12. The number of benzene rings is 1. The highest BCUT2D eigenvalue weighted by Crippen LogP contribution is 2.23. The Balaban J connectivity index is 2.20. The summed E-state index contributed by atoms with van der Waals surface area (Å²) in [6, 6.07) is 11.3. The van der Waals surface area contributed by atoms with Crippen molar-refractivity contribution in [2.75, 3.05) is 12.4 Å². The fourth-order valence-corrected chi connectivity index (χ4v) is 1.88. The number of aromatic nitrogens is 1. The summed E-state index contributed by atoms with van der Waals surface area (Å²) in [4.78, 5) is 4.61. The van der Waals surface area contributed by atoms with Crippen LogP contribution in [-0.2, 0) is 6.54 Å². The van der Waals surface area contributed by atoms with Gasteiger partial charge in [0.15, 0.2) is 0 Å². The number of rotatable bonds is 5. The first-order valence-corrected chi connectivity index (χ1v) is 6.23. The third kappa shape index (κ3) is 3.42. The Kier molecular flexibility index (Phi) is 4.30. The molecule has 1 aromatic carbocycles. The second kappa shape index (κ2) is 6.15. The molecule has 0 atom stereocenters. The van der Waals surface area contributed by atoms with E-state index in [4.69, 9.17) is 22.7 Å². The fraction of sp³-hybridized carbons (Fsp3) is 0.143. The minimum absolute atomic E-state index is 0.353. The number of hydrogen-bond acceptors (Lipinski definition) is 4. The van der Waals surface area contributed by atoms with Gasteiger partial charge < -0.3 is 15.8 Å². The first-order valence-electron chi connectivity index (χ1n) is 5.82. The van der Waals surface area contributed by atoms with Gasteiger partial charge in [-0.15, -0.1) is 0 Å². The van der Waals surface area contributed by atoms with Crippen molar-refractivity contribution in [3.05, 3.63) is 53.9 Å². The lowest BCUT2D eigenvalue weighted by molar-refractivity contribution is 0.415. The van der Waals surface area contributed by atoms with E-state index in [0.29, 0.717) is 11.5 Å². The van der Waals surface area contributed by atoms with E-state index in [9.17, 15) is 0 Å². The summed E-state index contributed by atoms with van der Waals surface area (Å²) in [5.74, 6) is 0.753. The van der Waals surface area contributed by atoms with Gasteiger partial charge in [0, 0.05) is 23.5 Å². The number of thiocarbonyl (C=S) groups is 1. The first kappa shape index (κ1) is 13.3. The molecule has 0 amide bonds. The summed E-state index contributed by atoms with van der Waals surface area (Å²) < 4.78 is 5.20. The standard InChI is InChI=1S/C14H15N3OS/c1-18-11-5-6-12(14(15)19)13(8-11)17-9-10-4-2-3-7-16-10/h2-8,17H,9H2,1H3,(H2,15,19). The maximum Gasteiger partial charge on any atom is 0.120 e. The van der Waals surface area contributed by atoms with E-state index < -0.39 is 0 Å². The molecule has 1 aromatic heterocycles. The number of hydrogen-bond donors (Lipinski definition) is 2. The Morgan fingerprint density at radius 1 is 1.37 bits per heavy atom. The van der Waals surface area contributed by atoms with E-state index >= 15 is 0 Å². The zero-order valence-electron chi connectivity index (χ0n) is 10.6. The maximum atomic E-state index is 5.71. The molecule has 0 aliphatic heterocycles. The van der Waals surface area contributed by atoms with Crippen LogP contribution in [0.1, 0.15) is 11.3 Å². The Bertz CT molecular complexity index is 572. The van der Waals surface area contributed by atoms with Crippen molar-refractivity contribution in [3.8, 4) is 5.75 Å². The number of ether oxygens (including phenoxy) is 1. The highest BCUT2D eigenvalue weighted by molar-refractivity contribution is 7.80. The number of nitrogens with two attached hydrogens (primary N) is 1. The number of nitrogens with one attached hydrogen (secondary N) is 1. The molecule has 19 heavy (non-hydrogen) atoms. The van der Waals surface area contributed by atoms with Gasteiger partial charge in [-0.25, -0.2) is 0 Å². The van der Waals surface area contributed by atoms with Crippen LogP contribution in [0.3, 0.4) is 0 Å². The molecule has 0 aliphatic rings. The van der Waals surface area contributed by atoms with Gasteiger partial charge in [-0.05, 0) is 24.3 Å². The molecule has 98 valence electrons. The highest BCUT2D eigenvalue weighted by atomic mass is 32.1. The van der Waals surface area contributed by atoms with Gasteiger partial charge in [-0.2, -0.15) is 0 Å². The largest absolute Gasteiger partial charge is 0.497 e. The SMILES string of the molecule is COc1ccc(C(N)=S)c(NCc2ccccn2)c1. The lowest BCUT2D eigenvalue weighted by Crippen LogP contribution is -2.13. The van der Waals surface area contributed by atoms with Crippen molar-refractivity contribution < 1.29 is 4.74 Å².